The number of carbonyl (C=O) groups is 1. The van der Waals surface area contributed by atoms with Crippen molar-refractivity contribution in [1.82, 2.24) is 15.0 Å². The Bertz CT molecular complexity index is 956. The van der Waals surface area contributed by atoms with Gasteiger partial charge in [0.05, 0.1) is 7.11 Å². The van der Waals surface area contributed by atoms with Gasteiger partial charge in [-0.1, -0.05) is 35.5 Å². The molecule has 2 N–H and O–H groups in total. The zero-order chi connectivity index (χ0) is 20.2. The van der Waals surface area contributed by atoms with Gasteiger partial charge in [0, 0.05) is 43.5 Å². The molecule has 3 aromatic rings. The Kier molecular flexibility index (Phi) is 5.57. The molecule has 1 amide bonds. The van der Waals surface area contributed by atoms with Gasteiger partial charge in [-0.25, -0.2) is 0 Å². The maximum absolute atomic E-state index is 12.7. The first-order valence-electron chi connectivity index (χ1n) is 9.69. The second kappa shape index (κ2) is 8.45. The Labute approximate surface area is 169 Å². The van der Waals surface area contributed by atoms with Crippen LogP contribution in [-0.2, 0) is 11.2 Å². The van der Waals surface area contributed by atoms with E-state index >= 15 is 0 Å². The molecule has 0 spiro atoms. The van der Waals surface area contributed by atoms with E-state index in [1.54, 1.807) is 7.11 Å². The third-order valence-electron chi connectivity index (χ3n) is 5.31. The van der Waals surface area contributed by atoms with Crippen LogP contribution < -0.4 is 10.5 Å². The van der Waals surface area contributed by atoms with E-state index in [2.05, 4.69) is 22.3 Å². The van der Waals surface area contributed by atoms with Gasteiger partial charge >= 0.3 is 0 Å². The zero-order valence-electron chi connectivity index (χ0n) is 16.3. The number of likely N-dealkylation sites (tertiary alicyclic amines) is 1. The summed E-state index contributed by atoms with van der Waals surface area (Å²) in [6, 6.07) is 17.5. The molecule has 0 unspecified atom stereocenters. The number of aryl methyl sites for hydroxylation is 1. The van der Waals surface area contributed by atoms with E-state index in [4.69, 9.17) is 15.0 Å². The molecule has 1 saturated heterocycles. The molecule has 7 heteroatoms. The third-order valence-corrected chi connectivity index (χ3v) is 5.31. The summed E-state index contributed by atoms with van der Waals surface area (Å²) in [6.45, 7) is 1.21. The second-order valence-corrected chi connectivity index (χ2v) is 7.22. The second-order valence-electron chi connectivity index (χ2n) is 7.22. The summed E-state index contributed by atoms with van der Waals surface area (Å²) in [4.78, 5) is 18.9. The minimum Gasteiger partial charge on any atom is -0.497 e. The van der Waals surface area contributed by atoms with Crippen LogP contribution in [0.1, 0.15) is 23.8 Å². The van der Waals surface area contributed by atoms with Crippen molar-refractivity contribution in [3.63, 3.8) is 0 Å². The first-order chi connectivity index (χ1) is 14.1. The molecule has 0 bridgehead atoms. The molecule has 0 saturated carbocycles. The van der Waals surface area contributed by atoms with Crippen LogP contribution >= 0.6 is 0 Å². The number of rotatable bonds is 6. The number of benzene rings is 2. The number of nitrogens with zero attached hydrogens (tertiary/aromatic N) is 3. The number of carbonyl (C=O) groups excluding carboxylic acids is 1. The minimum atomic E-state index is -0.0496. The van der Waals surface area contributed by atoms with E-state index in [9.17, 15) is 4.79 Å². The van der Waals surface area contributed by atoms with Crippen molar-refractivity contribution >= 4 is 5.91 Å². The summed E-state index contributed by atoms with van der Waals surface area (Å²) in [5, 5.41) is 4.01. The molecule has 4 rings (SSSR count). The van der Waals surface area contributed by atoms with Gasteiger partial charge in [0.15, 0.2) is 0 Å². The average Bonchev–Trinajstić information content (AvgIpc) is 3.39. The van der Waals surface area contributed by atoms with Crippen LogP contribution in [0.2, 0.25) is 0 Å². The summed E-state index contributed by atoms with van der Waals surface area (Å²) in [5.74, 6) is 1.95. The lowest BCUT2D eigenvalue weighted by Crippen LogP contribution is -2.32. The standard InChI is InChI=1S/C22H24N4O3/c1-28-17-9-7-16(8-10-17)22-24-20(29-25-22)11-12-21(27)26-13-18(19(23)14-26)15-5-3-2-4-6-15/h2-10,18-19H,11-14,23H2,1H3/t18-,19+/m0/s1. The maximum atomic E-state index is 12.7. The predicted molar refractivity (Wildman–Crippen MR) is 108 cm³/mol. The van der Waals surface area contributed by atoms with Gasteiger partial charge in [0.25, 0.3) is 0 Å². The lowest BCUT2D eigenvalue weighted by atomic mass is 9.95. The van der Waals surface area contributed by atoms with Crippen molar-refractivity contribution in [2.45, 2.75) is 24.8 Å². The number of methoxy groups -OCH3 is 1. The van der Waals surface area contributed by atoms with Gasteiger partial charge < -0.3 is 19.9 Å². The van der Waals surface area contributed by atoms with Crippen molar-refractivity contribution in [3.05, 3.63) is 66.1 Å². The number of amides is 1. The van der Waals surface area contributed by atoms with E-state index in [1.807, 2.05) is 47.4 Å². The highest BCUT2D eigenvalue weighted by molar-refractivity contribution is 5.77. The number of hydrogen-bond acceptors (Lipinski definition) is 6. The van der Waals surface area contributed by atoms with Gasteiger partial charge in [-0.15, -0.1) is 0 Å². The highest BCUT2D eigenvalue weighted by Crippen LogP contribution is 2.27. The van der Waals surface area contributed by atoms with Crippen LogP contribution in [0.5, 0.6) is 5.75 Å². The van der Waals surface area contributed by atoms with E-state index < -0.39 is 0 Å². The Morgan fingerprint density at radius 2 is 1.93 bits per heavy atom. The lowest BCUT2D eigenvalue weighted by molar-refractivity contribution is -0.130. The molecule has 1 fully saturated rings. The van der Waals surface area contributed by atoms with Crippen molar-refractivity contribution < 1.29 is 14.1 Å². The highest BCUT2D eigenvalue weighted by atomic mass is 16.5. The fraction of sp³-hybridized carbons (Fsp3) is 0.318. The van der Waals surface area contributed by atoms with E-state index in [1.165, 1.54) is 5.56 Å². The molecule has 1 aliphatic heterocycles. The molecule has 1 aliphatic rings. The Hall–Kier alpha value is -3.19. The van der Waals surface area contributed by atoms with Crippen LogP contribution in [0.4, 0.5) is 0 Å². The molecular formula is C22H24N4O3. The van der Waals surface area contributed by atoms with Crippen LogP contribution in [0.25, 0.3) is 11.4 Å². The highest BCUT2D eigenvalue weighted by Gasteiger charge is 2.33. The predicted octanol–water partition coefficient (Wildman–Crippen LogP) is 2.63. The molecular weight excluding hydrogens is 368 g/mol. The normalized spacial score (nSPS) is 18.8. The van der Waals surface area contributed by atoms with Gasteiger partial charge in [0.2, 0.25) is 17.6 Å². The molecule has 0 radical (unpaired) electrons. The zero-order valence-corrected chi connectivity index (χ0v) is 16.3. The van der Waals surface area contributed by atoms with Crippen molar-refractivity contribution in [2.75, 3.05) is 20.2 Å². The Morgan fingerprint density at radius 1 is 1.17 bits per heavy atom. The van der Waals surface area contributed by atoms with E-state index in [-0.39, 0.29) is 17.9 Å². The SMILES string of the molecule is COc1ccc(-c2noc(CCC(=O)N3C[C@@H](N)[C@H](c4ccccc4)C3)n2)cc1. The van der Waals surface area contributed by atoms with E-state index in [0.717, 1.165) is 11.3 Å². The molecule has 2 heterocycles. The van der Waals surface area contributed by atoms with Crippen molar-refractivity contribution in [3.8, 4) is 17.1 Å². The number of hydrogen-bond donors (Lipinski definition) is 1. The number of ether oxygens (including phenoxy) is 1. The Morgan fingerprint density at radius 3 is 2.66 bits per heavy atom. The molecule has 7 nitrogen and oxygen atoms in total. The van der Waals surface area contributed by atoms with E-state index in [0.29, 0.717) is 37.6 Å². The first-order valence-corrected chi connectivity index (χ1v) is 9.69. The molecule has 150 valence electrons. The van der Waals surface area contributed by atoms with Crippen LogP contribution in [0.3, 0.4) is 0 Å². The van der Waals surface area contributed by atoms with Crippen molar-refractivity contribution in [2.24, 2.45) is 5.73 Å². The molecule has 2 atom stereocenters. The Balaban J connectivity index is 1.33. The van der Waals surface area contributed by atoms with Crippen LogP contribution in [-0.4, -0.2) is 47.2 Å². The van der Waals surface area contributed by atoms with Gasteiger partial charge in [-0.2, -0.15) is 4.98 Å². The van der Waals surface area contributed by atoms with Gasteiger partial charge in [0.1, 0.15) is 5.75 Å². The molecule has 29 heavy (non-hydrogen) atoms. The lowest BCUT2D eigenvalue weighted by Gasteiger charge is -2.16. The summed E-state index contributed by atoms with van der Waals surface area (Å²) in [5.41, 5.74) is 8.30. The average molecular weight is 392 g/mol. The summed E-state index contributed by atoms with van der Waals surface area (Å²) < 4.78 is 10.5. The van der Waals surface area contributed by atoms with Crippen molar-refractivity contribution in [1.29, 1.82) is 0 Å². The fourth-order valence-corrected chi connectivity index (χ4v) is 3.67. The molecule has 1 aromatic heterocycles. The summed E-state index contributed by atoms with van der Waals surface area (Å²) >= 11 is 0. The third kappa shape index (κ3) is 4.30. The largest absolute Gasteiger partial charge is 0.497 e. The van der Waals surface area contributed by atoms with Gasteiger partial charge in [-0.05, 0) is 29.8 Å². The summed E-state index contributed by atoms with van der Waals surface area (Å²) in [6.07, 6.45) is 0.724. The maximum Gasteiger partial charge on any atom is 0.227 e. The minimum absolute atomic E-state index is 0.0496. The quantitative estimate of drug-likeness (QED) is 0.693. The molecule has 2 aromatic carbocycles. The number of aromatic nitrogens is 2. The molecule has 0 aliphatic carbocycles. The summed E-state index contributed by atoms with van der Waals surface area (Å²) in [7, 11) is 1.62. The van der Waals surface area contributed by atoms with Gasteiger partial charge in [-0.3, -0.25) is 4.79 Å². The smallest absolute Gasteiger partial charge is 0.227 e. The number of nitrogens with two attached hydrogens (primary N) is 1. The van der Waals surface area contributed by atoms with Crippen LogP contribution in [0, 0.1) is 0 Å². The van der Waals surface area contributed by atoms with Crippen LogP contribution in [0.15, 0.2) is 59.1 Å². The monoisotopic (exact) mass is 392 g/mol. The fourth-order valence-electron chi connectivity index (χ4n) is 3.67. The topological polar surface area (TPSA) is 94.5 Å². The first kappa shape index (κ1) is 19.1.